The quantitative estimate of drug-likeness (QED) is 0.884. The molecule has 3 heterocycles. The third kappa shape index (κ3) is 2.80. The minimum Gasteiger partial charge on any atom is -0.392 e. The summed E-state index contributed by atoms with van der Waals surface area (Å²) < 4.78 is 10.6. The summed E-state index contributed by atoms with van der Waals surface area (Å²) in [6.07, 6.45) is 4.20. The molecule has 0 radical (unpaired) electrons. The molecule has 0 bridgehead atoms. The van der Waals surface area contributed by atoms with Crippen LogP contribution in [0.25, 0.3) is 0 Å². The molecule has 1 aliphatic heterocycles. The number of aliphatic hydroxyl groups is 1. The second kappa shape index (κ2) is 5.46. The van der Waals surface area contributed by atoms with E-state index in [-0.39, 0.29) is 5.92 Å². The molecule has 0 aromatic carbocycles. The predicted octanol–water partition coefficient (Wildman–Crippen LogP) is 0.920. The molecule has 0 aliphatic carbocycles. The fraction of sp³-hybridized carbons (Fsp3) is 0.462. The van der Waals surface area contributed by atoms with E-state index < -0.39 is 6.10 Å². The fourth-order valence-corrected chi connectivity index (χ4v) is 2.14. The molecule has 1 N–H and O–H groups in total. The molecule has 19 heavy (non-hydrogen) atoms. The molecule has 2 aromatic heterocycles. The largest absolute Gasteiger partial charge is 0.392 e. The SMILES string of the molecule is OC1CCOCC1c1nc(Cc2cccnc2)no1. The van der Waals surface area contributed by atoms with Crippen molar-refractivity contribution in [3.05, 3.63) is 41.8 Å². The van der Waals surface area contributed by atoms with Crippen LogP contribution in [0.1, 0.15) is 29.6 Å². The van der Waals surface area contributed by atoms with Gasteiger partial charge >= 0.3 is 0 Å². The summed E-state index contributed by atoms with van der Waals surface area (Å²) >= 11 is 0. The lowest BCUT2D eigenvalue weighted by atomic mass is 9.99. The van der Waals surface area contributed by atoms with E-state index in [1.807, 2.05) is 12.1 Å². The minimum absolute atomic E-state index is 0.219. The van der Waals surface area contributed by atoms with Crippen molar-refractivity contribution in [2.75, 3.05) is 13.2 Å². The van der Waals surface area contributed by atoms with Gasteiger partial charge in [0.2, 0.25) is 5.89 Å². The van der Waals surface area contributed by atoms with Gasteiger partial charge in [-0.15, -0.1) is 0 Å². The van der Waals surface area contributed by atoms with Gasteiger partial charge in [0.25, 0.3) is 0 Å². The highest BCUT2D eigenvalue weighted by Gasteiger charge is 2.30. The van der Waals surface area contributed by atoms with Crippen molar-refractivity contribution in [1.29, 1.82) is 0 Å². The van der Waals surface area contributed by atoms with Crippen LogP contribution in [0.3, 0.4) is 0 Å². The molecule has 0 saturated carbocycles. The zero-order valence-corrected chi connectivity index (χ0v) is 10.4. The first-order valence-electron chi connectivity index (χ1n) is 6.30. The average Bonchev–Trinajstić information content (AvgIpc) is 2.89. The Bertz CT molecular complexity index is 529. The van der Waals surface area contributed by atoms with E-state index in [0.717, 1.165) is 5.56 Å². The van der Waals surface area contributed by atoms with Gasteiger partial charge < -0.3 is 14.4 Å². The van der Waals surface area contributed by atoms with Gasteiger partial charge in [-0.3, -0.25) is 4.98 Å². The summed E-state index contributed by atoms with van der Waals surface area (Å²) in [5.74, 6) is 0.829. The highest BCUT2D eigenvalue weighted by molar-refractivity contribution is 5.14. The van der Waals surface area contributed by atoms with Crippen LogP contribution >= 0.6 is 0 Å². The van der Waals surface area contributed by atoms with Crippen LogP contribution in [0.4, 0.5) is 0 Å². The second-order valence-electron chi connectivity index (χ2n) is 4.62. The highest BCUT2D eigenvalue weighted by atomic mass is 16.5. The Morgan fingerprint density at radius 3 is 3.16 bits per heavy atom. The molecule has 2 aromatic rings. The maximum absolute atomic E-state index is 9.90. The first-order valence-corrected chi connectivity index (χ1v) is 6.30. The van der Waals surface area contributed by atoms with Gasteiger partial charge in [-0.05, 0) is 18.1 Å². The van der Waals surface area contributed by atoms with Gasteiger partial charge in [0, 0.05) is 25.4 Å². The van der Waals surface area contributed by atoms with Crippen molar-refractivity contribution in [2.45, 2.75) is 24.9 Å². The standard InChI is InChI=1S/C13H15N3O3/c17-11-3-5-18-8-10(11)13-15-12(16-19-13)6-9-2-1-4-14-7-9/h1-2,4,7,10-11,17H,3,5-6,8H2. The molecule has 0 spiro atoms. The molecule has 3 rings (SSSR count). The third-order valence-corrected chi connectivity index (χ3v) is 3.21. The van der Waals surface area contributed by atoms with E-state index in [2.05, 4.69) is 15.1 Å². The summed E-state index contributed by atoms with van der Waals surface area (Å²) in [6, 6.07) is 3.83. The van der Waals surface area contributed by atoms with Crippen molar-refractivity contribution in [1.82, 2.24) is 15.1 Å². The van der Waals surface area contributed by atoms with E-state index in [0.29, 0.717) is 37.8 Å². The molecule has 1 aliphatic rings. The Morgan fingerprint density at radius 1 is 1.42 bits per heavy atom. The zero-order valence-electron chi connectivity index (χ0n) is 10.4. The zero-order chi connectivity index (χ0) is 13.1. The highest BCUT2D eigenvalue weighted by Crippen LogP contribution is 2.24. The number of aromatic nitrogens is 3. The van der Waals surface area contributed by atoms with Gasteiger partial charge in [-0.25, -0.2) is 0 Å². The Balaban J connectivity index is 1.72. The van der Waals surface area contributed by atoms with Crippen LogP contribution in [0.5, 0.6) is 0 Å². The lowest BCUT2D eigenvalue weighted by Crippen LogP contribution is -2.30. The first-order chi connectivity index (χ1) is 9.33. The van der Waals surface area contributed by atoms with Crippen LogP contribution in [-0.4, -0.2) is 39.5 Å². The number of hydrogen-bond acceptors (Lipinski definition) is 6. The summed E-state index contributed by atoms with van der Waals surface area (Å²) in [7, 11) is 0. The molecule has 2 atom stereocenters. The number of pyridine rings is 1. The number of ether oxygens (including phenoxy) is 1. The fourth-order valence-electron chi connectivity index (χ4n) is 2.14. The summed E-state index contributed by atoms with van der Waals surface area (Å²) in [4.78, 5) is 8.38. The Labute approximate surface area is 110 Å². The van der Waals surface area contributed by atoms with Crippen molar-refractivity contribution < 1.29 is 14.4 Å². The first kappa shape index (κ1) is 12.3. The molecular weight excluding hydrogens is 246 g/mol. The maximum atomic E-state index is 9.90. The molecule has 0 amide bonds. The Morgan fingerprint density at radius 2 is 2.37 bits per heavy atom. The van der Waals surface area contributed by atoms with Crippen molar-refractivity contribution in [3.63, 3.8) is 0 Å². The summed E-state index contributed by atoms with van der Waals surface area (Å²) in [5.41, 5.74) is 1.02. The predicted molar refractivity (Wildman–Crippen MR) is 65.5 cm³/mol. The molecule has 2 unspecified atom stereocenters. The van der Waals surface area contributed by atoms with Crippen LogP contribution in [0.15, 0.2) is 29.0 Å². The van der Waals surface area contributed by atoms with Crippen molar-refractivity contribution in [3.8, 4) is 0 Å². The van der Waals surface area contributed by atoms with Gasteiger partial charge in [-0.2, -0.15) is 4.98 Å². The van der Waals surface area contributed by atoms with Crippen molar-refractivity contribution >= 4 is 0 Å². The smallest absolute Gasteiger partial charge is 0.234 e. The van der Waals surface area contributed by atoms with Crippen LogP contribution in [-0.2, 0) is 11.2 Å². The molecule has 6 heteroatoms. The van der Waals surface area contributed by atoms with E-state index >= 15 is 0 Å². The Hall–Kier alpha value is -1.79. The van der Waals surface area contributed by atoms with Crippen LogP contribution in [0, 0.1) is 0 Å². The maximum Gasteiger partial charge on any atom is 0.234 e. The normalized spacial score (nSPS) is 23.4. The van der Waals surface area contributed by atoms with Crippen LogP contribution < -0.4 is 0 Å². The van der Waals surface area contributed by atoms with Crippen molar-refractivity contribution in [2.24, 2.45) is 0 Å². The number of rotatable bonds is 3. The molecule has 1 fully saturated rings. The number of aliphatic hydroxyl groups excluding tert-OH is 1. The minimum atomic E-state index is -0.472. The van der Waals surface area contributed by atoms with Gasteiger partial charge in [0.15, 0.2) is 5.82 Å². The second-order valence-corrected chi connectivity index (χ2v) is 4.62. The lowest BCUT2D eigenvalue weighted by molar-refractivity contribution is -0.0149. The lowest BCUT2D eigenvalue weighted by Gasteiger charge is -2.24. The van der Waals surface area contributed by atoms with E-state index in [9.17, 15) is 5.11 Å². The Kier molecular flexibility index (Phi) is 3.52. The van der Waals surface area contributed by atoms with Gasteiger partial charge in [0.1, 0.15) is 0 Å². The summed E-state index contributed by atoms with van der Waals surface area (Å²) in [6.45, 7) is 1.00. The molecular formula is C13H15N3O3. The van der Waals surface area contributed by atoms with E-state index in [1.165, 1.54) is 0 Å². The monoisotopic (exact) mass is 261 g/mol. The van der Waals surface area contributed by atoms with Gasteiger partial charge in [-0.1, -0.05) is 11.2 Å². The topological polar surface area (TPSA) is 81.3 Å². The van der Waals surface area contributed by atoms with E-state index in [1.54, 1.807) is 12.4 Å². The third-order valence-electron chi connectivity index (χ3n) is 3.21. The molecule has 6 nitrogen and oxygen atoms in total. The number of nitrogens with zero attached hydrogens (tertiary/aromatic N) is 3. The van der Waals surface area contributed by atoms with E-state index in [4.69, 9.17) is 9.26 Å². The van der Waals surface area contributed by atoms with Crippen LogP contribution in [0.2, 0.25) is 0 Å². The van der Waals surface area contributed by atoms with Gasteiger partial charge in [0.05, 0.1) is 18.6 Å². The number of hydrogen-bond donors (Lipinski definition) is 1. The summed E-state index contributed by atoms with van der Waals surface area (Å²) in [5, 5.41) is 13.8. The molecule has 100 valence electrons. The average molecular weight is 261 g/mol. The molecule has 1 saturated heterocycles.